The van der Waals surface area contributed by atoms with Crippen LogP contribution in [0.15, 0.2) is 57.8 Å². The van der Waals surface area contributed by atoms with Crippen molar-refractivity contribution in [3.63, 3.8) is 0 Å². The summed E-state index contributed by atoms with van der Waals surface area (Å²) in [5.41, 5.74) is 0.320. The van der Waals surface area contributed by atoms with Gasteiger partial charge in [-0.15, -0.1) is 0 Å². The first-order valence-corrected chi connectivity index (χ1v) is 9.68. The van der Waals surface area contributed by atoms with Crippen LogP contribution in [0.4, 0.5) is 4.39 Å². The van der Waals surface area contributed by atoms with E-state index < -0.39 is 5.97 Å². The predicted molar refractivity (Wildman–Crippen MR) is 110 cm³/mol. The third kappa shape index (κ3) is 4.35. The van der Waals surface area contributed by atoms with Crippen molar-refractivity contribution in [3.8, 4) is 11.5 Å². The molecule has 2 heterocycles. The number of hydrogen-bond acceptors (Lipinski definition) is 7. The highest BCUT2D eigenvalue weighted by Crippen LogP contribution is 2.19. The smallest absolute Gasteiger partial charge is 0.359 e. The molecule has 8 nitrogen and oxygen atoms in total. The summed E-state index contributed by atoms with van der Waals surface area (Å²) >= 11 is 0. The zero-order valence-corrected chi connectivity index (χ0v) is 16.9. The molecule has 0 aliphatic heterocycles. The third-order valence-electron chi connectivity index (χ3n) is 4.49. The summed E-state index contributed by atoms with van der Waals surface area (Å²) < 4.78 is 24.8. The van der Waals surface area contributed by atoms with Crippen molar-refractivity contribution in [3.05, 3.63) is 76.2 Å². The molecular formula is C22H19FN4O4. The van der Waals surface area contributed by atoms with Crippen molar-refractivity contribution in [1.82, 2.24) is 19.9 Å². The van der Waals surface area contributed by atoms with Crippen LogP contribution >= 0.6 is 0 Å². The zero-order chi connectivity index (χ0) is 22.0. The molecule has 0 saturated carbocycles. The molecule has 0 atom stereocenters. The van der Waals surface area contributed by atoms with Crippen LogP contribution in [0.25, 0.3) is 22.2 Å². The molecule has 0 N–H and O–H groups in total. The molecule has 0 aliphatic carbocycles. The lowest BCUT2D eigenvalue weighted by Crippen LogP contribution is -2.28. The second-order valence-electron chi connectivity index (χ2n) is 7.37. The van der Waals surface area contributed by atoms with Gasteiger partial charge in [0, 0.05) is 17.5 Å². The number of benzene rings is 2. The quantitative estimate of drug-likeness (QED) is 0.438. The molecule has 0 saturated heterocycles. The first-order chi connectivity index (χ1) is 14.9. The fourth-order valence-corrected chi connectivity index (χ4v) is 3.08. The van der Waals surface area contributed by atoms with Crippen LogP contribution in [0.2, 0.25) is 0 Å². The van der Waals surface area contributed by atoms with E-state index in [0.717, 1.165) is 0 Å². The Bertz CT molecular complexity index is 1300. The van der Waals surface area contributed by atoms with E-state index in [1.54, 1.807) is 24.3 Å². The number of esters is 1. The second kappa shape index (κ2) is 8.47. The lowest BCUT2D eigenvalue weighted by atomic mass is 10.1. The predicted octanol–water partition coefficient (Wildman–Crippen LogP) is 3.60. The molecule has 2 aromatic carbocycles. The normalized spacial score (nSPS) is 11.2. The molecule has 0 amide bonds. The van der Waals surface area contributed by atoms with Crippen molar-refractivity contribution >= 4 is 16.7 Å². The van der Waals surface area contributed by atoms with Gasteiger partial charge in [-0.3, -0.25) is 4.79 Å². The average Bonchev–Trinajstić information content (AvgIpc) is 3.23. The van der Waals surface area contributed by atoms with Crippen LogP contribution in [0.1, 0.15) is 30.2 Å². The number of hydrogen-bond donors (Lipinski definition) is 0. The van der Waals surface area contributed by atoms with Gasteiger partial charge in [-0.2, -0.15) is 10.1 Å². The topological polar surface area (TPSA) is 100 Å². The van der Waals surface area contributed by atoms with Gasteiger partial charge < -0.3 is 9.26 Å². The Morgan fingerprint density at radius 2 is 1.84 bits per heavy atom. The highest BCUT2D eigenvalue weighted by atomic mass is 19.1. The lowest BCUT2D eigenvalue weighted by Gasteiger charge is -2.11. The van der Waals surface area contributed by atoms with Crippen LogP contribution in [0.3, 0.4) is 0 Å². The van der Waals surface area contributed by atoms with E-state index in [1.165, 1.54) is 28.9 Å². The van der Waals surface area contributed by atoms with Gasteiger partial charge in [0.05, 0.1) is 5.39 Å². The Morgan fingerprint density at radius 3 is 2.55 bits per heavy atom. The minimum Gasteiger partial charge on any atom is -0.453 e. The SMILES string of the molecule is CC(C)Cn1nc(C(=O)OCc2noc(-c3ccc(F)cc3)n2)c2ccccc2c1=O. The number of carbonyl (C=O) groups is 1. The number of rotatable bonds is 6. The van der Waals surface area contributed by atoms with Crippen LogP contribution in [0.5, 0.6) is 0 Å². The van der Waals surface area contributed by atoms with Crippen LogP contribution in [-0.2, 0) is 17.9 Å². The molecule has 158 valence electrons. The fraction of sp³-hybridized carbons (Fsp3) is 0.227. The molecule has 4 aromatic rings. The van der Waals surface area contributed by atoms with Crippen molar-refractivity contribution in [1.29, 1.82) is 0 Å². The molecule has 0 spiro atoms. The molecular weight excluding hydrogens is 403 g/mol. The molecule has 0 bridgehead atoms. The number of carbonyl (C=O) groups excluding carboxylic acids is 1. The van der Waals surface area contributed by atoms with Crippen LogP contribution < -0.4 is 5.56 Å². The molecule has 4 rings (SSSR count). The monoisotopic (exact) mass is 422 g/mol. The van der Waals surface area contributed by atoms with Gasteiger partial charge in [0.25, 0.3) is 11.4 Å². The largest absolute Gasteiger partial charge is 0.453 e. The Hall–Kier alpha value is -3.88. The first kappa shape index (κ1) is 20.4. The van der Waals surface area contributed by atoms with Gasteiger partial charge in [0.2, 0.25) is 5.82 Å². The van der Waals surface area contributed by atoms with Gasteiger partial charge in [0.15, 0.2) is 12.3 Å². The summed E-state index contributed by atoms with van der Waals surface area (Å²) in [6.45, 7) is 4.03. The van der Waals surface area contributed by atoms with Gasteiger partial charge in [-0.1, -0.05) is 37.2 Å². The van der Waals surface area contributed by atoms with Gasteiger partial charge >= 0.3 is 5.97 Å². The summed E-state index contributed by atoms with van der Waals surface area (Å²) in [5.74, 6) is -0.593. The third-order valence-corrected chi connectivity index (χ3v) is 4.49. The van der Waals surface area contributed by atoms with Crippen molar-refractivity contribution < 1.29 is 18.4 Å². The average molecular weight is 422 g/mol. The lowest BCUT2D eigenvalue weighted by molar-refractivity contribution is 0.0452. The Balaban J connectivity index is 1.57. The maximum Gasteiger partial charge on any atom is 0.359 e. The summed E-state index contributed by atoms with van der Waals surface area (Å²) in [7, 11) is 0. The first-order valence-electron chi connectivity index (χ1n) is 9.68. The van der Waals surface area contributed by atoms with Gasteiger partial charge in [0.1, 0.15) is 5.82 Å². The number of nitrogens with zero attached hydrogens (tertiary/aromatic N) is 4. The number of fused-ring (bicyclic) bond motifs is 1. The van der Waals surface area contributed by atoms with E-state index in [1.807, 2.05) is 13.8 Å². The number of halogens is 1. The van der Waals surface area contributed by atoms with Crippen molar-refractivity contribution in [2.24, 2.45) is 5.92 Å². The molecule has 0 aliphatic rings. The molecule has 9 heteroatoms. The van der Waals surface area contributed by atoms with E-state index in [0.29, 0.717) is 22.9 Å². The second-order valence-corrected chi connectivity index (χ2v) is 7.37. The summed E-state index contributed by atoms with van der Waals surface area (Å²) in [6, 6.07) is 12.3. The Kier molecular flexibility index (Phi) is 5.57. The summed E-state index contributed by atoms with van der Waals surface area (Å²) in [5, 5.41) is 8.83. The minimum atomic E-state index is -0.707. The molecule has 2 aromatic heterocycles. The Morgan fingerprint density at radius 1 is 1.13 bits per heavy atom. The molecule has 0 fully saturated rings. The van der Waals surface area contributed by atoms with Gasteiger partial charge in [-0.25, -0.2) is 13.9 Å². The fourth-order valence-electron chi connectivity index (χ4n) is 3.08. The maximum atomic E-state index is 13.1. The summed E-state index contributed by atoms with van der Waals surface area (Å²) in [4.78, 5) is 29.6. The zero-order valence-electron chi connectivity index (χ0n) is 16.9. The maximum absolute atomic E-state index is 13.1. The van der Waals surface area contributed by atoms with Crippen LogP contribution in [-0.4, -0.2) is 25.9 Å². The van der Waals surface area contributed by atoms with Crippen molar-refractivity contribution in [2.45, 2.75) is 27.0 Å². The van der Waals surface area contributed by atoms with E-state index in [-0.39, 0.29) is 41.3 Å². The summed E-state index contributed by atoms with van der Waals surface area (Å²) in [6.07, 6.45) is 0. The van der Waals surface area contributed by atoms with E-state index >= 15 is 0 Å². The number of aromatic nitrogens is 4. The van der Waals surface area contributed by atoms with E-state index in [2.05, 4.69) is 15.2 Å². The molecule has 0 radical (unpaired) electrons. The van der Waals surface area contributed by atoms with E-state index in [9.17, 15) is 14.0 Å². The number of ether oxygens (including phenoxy) is 1. The van der Waals surface area contributed by atoms with E-state index in [4.69, 9.17) is 9.26 Å². The molecule has 0 unspecified atom stereocenters. The van der Waals surface area contributed by atoms with Gasteiger partial charge in [-0.05, 0) is 36.2 Å². The highest BCUT2D eigenvalue weighted by molar-refractivity contribution is 6.02. The standard InChI is InChI=1S/C22H19FN4O4/c1-13(2)11-27-21(28)17-6-4-3-5-16(17)19(25-27)22(29)30-12-18-24-20(31-26-18)14-7-9-15(23)10-8-14/h3-10,13H,11-12H2,1-2H3. The van der Waals surface area contributed by atoms with Crippen molar-refractivity contribution in [2.75, 3.05) is 0 Å². The minimum absolute atomic E-state index is 0.0399. The highest BCUT2D eigenvalue weighted by Gasteiger charge is 2.19. The van der Waals surface area contributed by atoms with Crippen LogP contribution in [0, 0.1) is 11.7 Å². The Labute approximate surface area is 176 Å². The molecule has 31 heavy (non-hydrogen) atoms.